The van der Waals surface area contributed by atoms with Crippen LogP contribution in [0.3, 0.4) is 0 Å². The first kappa shape index (κ1) is 24.8. The van der Waals surface area contributed by atoms with Gasteiger partial charge < -0.3 is 24.8 Å². The number of hydrogen-bond donors (Lipinski definition) is 2. The van der Waals surface area contributed by atoms with E-state index in [1.54, 1.807) is 39.5 Å². The standard InChI is InChI=1S/C21H28FN3O3.HI/c1-5-23-21(25-14-16-8-6-7-9-17(16)22)24-13-12-15-10-11-18(26-2)20(28-4)19(15)27-3;/h6-11H,5,12-14H2,1-4H3,(H2,23,24,25);1H. The van der Waals surface area contributed by atoms with Gasteiger partial charge in [-0.15, -0.1) is 24.0 Å². The average Bonchev–Trinajstić information content (AvgIpc) is 2.72. The van der Waals surface area contributed by atoms with Crippen LogP contribution in [0.5, 0.6) is 17.2 Å². The Kier molecular flexibility index (Phi) is 11.2. The van der Waals surface area contributed by atoms with E-state index in [0.717, 1.165) is 5.56 Å². The number of ether oxygens (including phenoxy) is 3. The Balaban J connectivity index is 0.00000420. The van der Waals surface area contributed by atoms with Crippen molar-refractivity contribution in [1.29, 1.82) is 0 Å². The highest BCUT2D eigenvalue weighted by Crippen LogP contribution is 2.39. The molecular formula is C21H29FIN3O3. The van der Waals surface area contributed by atoms with Crippen LogP contribution in [0.1, 0.15) is 18.1 Å². The molecule has 29 heavy (non-hydrogen) atoms. The van der Waals surface area contributed by atoms with Crippen molar-refractivity contribution in [3.05, 3.63) is 53.3 Å². The van der Waals surface area contributed by atoms with Crippen LogP contribution in [0, 0.1) is 5.82 Å². The maximum Gasteiger partial charge on any atom is 0.203 e. The largest absolute Gasteiger partial charge is 0.493 e. The van der Waals surface area contributed by atoms with Crippen LogP contribution in [-0.4, -0.2) is 40.4 Å². The minimum atomic E-state index is -0.253. The van der Waals surface area contributed by atoms with E-state index in [1.165, 1.54) is 6.07 Å². The quantitative estimate of drug-likeness (QED) is 0.301. The van der Waals surface area contributed by atoms with Crippen molar-refractivity contribution in [2.24, 2.45) is 4.99 Å². The molecule has 8 heteroatoms. The lowest BCUT2D eigenvalue weighted by atomic mass is 10.1. The fraction of sp³-hybridized carbons (Fsp3) is 0.381. The van der Waals surface area contributed by atoms with Crippen LogP contribution >= 0.6 is 24.0 Å². The lowest BCUT2D eigenvalue weighted by Crippen LogP contribution is -2.38. The summed E-state index contributed by atoms with van der Waals surface area (Å²) in [6, 6.07) is 10.4. The van der Waals surface area contributed by atoms with Crippen molar-refractivity contribution in [2.45, 2.75) is 19.9 Å². The van der Waals surface area contributed by atoms with Crippen LogP contribution in [0.15, 0.2) is 41.4 Å². The molecule has 0 atom stereocenters. The summed E-state index contributed by atoms with van der Waals surface area (Å²) in [5.41, 5.74) is 1.54. The molecule has 0 aromatic heterocycles. The molecule has 0 radical (unpaired) electrons. The molecule has 6 nitrogen and oxygen atoms in total. The zero-order valence-electron chi connectivity index (χ0n) is 17.3. The van der Waals surface area contributed by atoms with Crippen LogP contribution in [0.4, 0.5) is 4.39 Å². The lowest BCUT2D eigenvalue weighted by Gasteiger charge is -2.16. The van der Waals surface area contributed by atoms with Gasteiger partial charge in [-0.05, 0) is 25.5 Å². The second-order valence-electron chi connectivity index (χ2n) is 5.96. The molecule has 0 spiro atoms. The smallest absolute Gasteiger partial charge is 0.203 e. The molecule has 0 fully saturated rings. The second kappa shape index (κ2) is 13.1. The molecule has 0 amide bonds. The first-order valence-corrected chi connectivity index (χ1v) is 9.18. The average molecular weight is 517 g/mol. The number of nitrogens with zero attached hydrogens (tertiary/aromatic N) is 1. The van der Waals surface area contributed by atoms with E-state index in [2.05, 4.69) is 15.6 Å². The van der Waals surface area contributed by atoms with Gasteiger partial charge in [-0.25, -0.2) is 9.38 Å². The van der Waals surface area contributed by atoms with Crippen molar-refractivity contribution in [1.82, 2.24) is 10.6 Å². The molecule has 0 aliphatic heterocycles. The van der Waals surface area contributed by atoms with Gasteiger partial charge in [0, 0.05) is 24.2 Å². The molecule has 2 aromatic rings. The molecule has 0 bridgehead atoms. The van der Waals surface area contributed by atoms with Crippen LogP contribution < -0.4 is 24.8 Å². The van der Waals surface area contributed by atoms with Gasteiger partial charge in [-0.3, -0.25) is 0 Å². The molecular weight excluding hydrogens is 488 g/mol. The molecule has 0 unspecified atom stereocenters. The molecule has 2 N–H and O–H groups in total. The van der Waals surface area contributed by atoms with Gasteiger partial charge >= 0.3 is 0 Å². The molecule has 0 heterocycles. The summed E-state index contributed by atoms with van der Waals surface area (Å²) in [4.78, 5) is 4.46. The van der Waals surface area contributed by atoms with E-state index >= 15 is 0 Å². The maximum atomic E-state index is 13.8. The van der Waals surface area contributed by atoms with E-state index in [9.17, 15) is 4.39 Å². The van der Waals surface area contributed by atoms with Gasteiger partial charge in [0.1, 0.15) is 5.82 Å². The Morgan fingerprint density at radius 2 is 1.66 bits per heavy atom. The van der Waals surface area contributed by atoms with E-state index in [-0.39, 0.29) is 36.3 Å². The van der Waals surface area contributed by atoms with Crippen molar-refractivity contribution < 1.29 is 18.6 Å². The molecule has 0 saturated heterocycles. The summed E-state index contributed by atoms with van der Waals surface area (Å²) in [5.74, 6) is 2.22. The molecule has 0 aliphatic rings. The third kappa shape index (κ3) is 6.95. The van der Waals surface area contributed by atoms with Crippen molar-refractivity contribution in [2.75, 3.05) is 34.4 Å². The Morgan fingerprint density at radius 3 is 2.28 bits per heavy atom. The number of halogens is 2. The normalized spacial score (nSPS) is 10.7. The summed E-state index contributed by atoms with van der Waals surface area (Å²) in [5, 5.41) is 6.43. The Bertz CT molecular complexity index is 803. The first-order valence-electron chi connectivity index (χ1n) is 9.18. The topological polar surface area (TPSA) is 64.1 Å². The van der Waals surface area contributed by atoms with E-state index in [0.29, 0.717) is 48.3 Å². The Morgan fingerprint density at radius 1 is 0.931 bits per heavy atom. The third-order valence-electron chi connectivity index (χ3n) is 4.18. The van der Waals surface area contributed by atoms with Crippen LogP contribution in [0.25, 0.3) is 0 Å². The summed E-state index contributed by atoms with van der Waals surface area (Å²) in [6.45, 7) is 3.58. The highest BCUT2D eigenvalue weighted by molar-refractivity contribution is 14.0. The minimum Gasteiger partial charge on any atom is -0.493 e. The minimum absolute atomic E-state index is 0. The van der Waals surface area contributed by atoms with Crippen molar-refractivity contribution >= 4 is 29.9 Å². The maximum absolute atomic E-state index is 13.8. The number of guanidine groups is 1. The molecule has 0 saturated carbocycles. The third-order valence-corrected chi connectivity index (χ3v) is 4.18. The van der Waals surface area contributed by atoms with Crippen molar-refractivity contribution in [3.63, 3.8) is 0 Å². The summed E-state index contributed by atoms with van der Waals surface area (Å²) >= 11 is 0. The zero-order chi connectivity index (χ0) is 20.4. The van der Waals surface area contributed by atoms with E-state index in [1.807, 2.05) is 19.1 Å². The second-order valence-corrected chi connectivity index (χ2v) is 5.96. The van der Waals surface area contributed by atoms with Gasteiger partial charge in [0.05, 0.1) is 27.9 Å². The van der Waals surface area contributed by atoms with Gasteiger partial charge in [0.2, 0.25) is 5.75 Å². The zero-order valence-corrected chi connectivity index (χ0v) is 19.6. The number of nitrogens with one attached hydrogen (secondary N) is 2. The van der Waals surface area contributed by atoms with Crippen molar-refractivity contribution in [3.8, 4) is 17.2 Å². The van der Waals surface area contributed by atoms with Gasteiger partial charge in [-0.1, -0.05) is 24.3 Å². The van der Waals surface area contributed by atoms with Crippen LogP contribution in [-0.2, 0) is 13.0 Å². The van der Waals surface area contributed by atoms with E-state index in [4.69, 9.17) is 14.2 Å². The number of rotatable bonds is 9. The van der Waals surface area contributed by atoms with E-state index < -0.39 is 0 Å². The summed E-state index contributed by atoms with van der Waals surface area (Å²) < 4.78 is 30.0. The fourth-order valence-corrected chi connectivity index (χ4v) is 2.81. The van der Waals surface area contributed by atoms with Gasteiger partial charge in [-0.2, -0.15) is 0 Å². The summed E-state index contributed by atoms with van der Waals surface area (Å²) in [6.07, 6.45) is 0.688. The number of benzene rings is 2. The molecule has 0 aliphatic carbocycles. The highest BCUT2D eigenvalue weighted by atomic mass is 127. The molecule has 2 aromatic carbocycles. The Hall–Kier alpha value is -2.23. The lowest BCUT2D eigenvalue weighted by molar-refractivity contribution is 0.322. The highest BCUT2D eigenvalue weighted by Gasteiger charge is 2.15. The SMILES string of the molecule is CCNC(=NCc1ccccc1F)NCCc1ccc(OC)c(OC)c1OC.I. The molecule has 160 valence electrons. The molecule has 2 rings (SSSR count). The number of aliphatic imine (C=N–C) groups is 1. The van der Waals surface area contributed by atoms with Crippen LogP contribution in [0.2, 0.25) is 0 Å². The predicted molar refractivity (Wildman–Crippen MR) is 124 cm³/mol. The first-order chi connectivity index (χ1) is 13.6. The predicted octanol–water partition coefficient (Wildman–Crippen LogP) is 3.77. The Labute approximate surface area is 188 Å². The van der Waals surface area contributed by atoms with Gasteiger partial charge in [0.15, 0.2) is 17.5 Å². The summed E-state index contributed by atoms with van der Waals surface area (Å²) in [7, 11) is 4.78. The fourth-order valence-electron chi connectivity index (χ4n) is 2.81. The number of methoxy groups -OCH3 is 3. The monoisotopic (exact) mass is 517 g/mol. The number of hydrogen-bond acceptors (Lipinski definition) is 4. The van der Waals surface area contributed by atoms with Gasteiger partial charge in [0.25, 0.3) is 0 Å².